The highest BCUT2D eigenvalue weighted by Crippen LogP contribution is 2.39. The highest BCUT2D eigenvalue weighted by atomic mass is 19.4. The molecule has 0 aromatic carbocycles. The molecule has 11 heteroatoms. The Balaban J connectivity index is 1.35. The van der Waals surface area contributed by atoms with E-state index in [0.717, 1.165) is 11.6 Å². The highest BCUT2D eigenvalue weighted by molar-refractivity contribution is 5.69. The van der Waals surface area contributed by atoms with Crippen molar-refractivity contribution < 1.29 is 22.7 Å². The first-order valence-corrected chi connectivity index (χ1v) is 11.4. The molecule has 2 fully saturated rings. The summed E-state index contributed by atoms with van der Waals surface area (Å²) in [4.78, 5) is 39.1. The van der Waals surface area contributed by atoms with Gasteiger partial charge in [0.05, 0.1) is 0 Å². The Labute approximate surface area is 195 Å². The summed E-state index contributed by atoms with van der Waals surface area (Å²) < 4.78 is 44.5. The molecular weight excluding hydrogens is 451 g/mol. The van der Waals surface area contributed by atoms with Crippen molar-refractivity contribution in [3.8, 4) is 0 Å². The quantitative estimate of drug-likeness (QED) is 0.703. The number of hydrogen-bond acceptors (Lipinski definition) is 6. The van der Waals surface area contributed by atoms with Crippen LogP contribution in [0.3, 0.4) is 0 Å². The van der Waals surface area contributed by atoms with Crippen LogP contribution in [0.5, 0.6) is 0 Å². The maximum absolute atomic E-state index is 13.0. The van der Waals surface area contributed by atoms with Gasteiger partial charge in [0.2, 0.25) is 5.95 Å². The summed E-state index contributed by atoms with van der Waals surface area (Å²) in [5.74, 6) is 1.21. The van der Waals surface area contributed by atoms with Crippen molar-refractivity contribution in [1.29, 1.82) is 0 Å². The largest absolute Gasteiger partial charge is 0.446 e. The van der Waals surface area contributed by atoms with Crippen LogP contribution in [0.25, 0.3) is 0 Å². The van der Waals surface area contributed by atoms with Gasteiger partial charge in [0.15, 0.2) is 0 Å². The van der Waals surface area contributed by atoms with Crippen molar-refractivity contribution in [2.24, 2.45) is 0 Å². The van der Waals surface area contributed by atoms with E-state index in [0.29, 0.717) is 25.0 Å². The number of ether oxygens (including phenoxy) is 1. The van der Waals surface area contributed by atoms with Crippen molar-refractivity contribution in [3.63, 3.8) is 0 Å². The number of piperazine rings is 1. The van der Waals surface area contributed by atoms with Gasteiger partial charge < -0.3 is 19.5 Å². The van der Waals surface area contributed by atoms with Crippen LogP contribution >= 0.6 is 0 Å². The number of pyridine rings is 1. The molecule has 2 aromatic rings. The Bertz CT molecular complexity index is 1080. The number of carbonyl (C=O) groups excluding carboxylic acids is 1. The average Bonchev–Trinajstić information content (AvgIpc) is 3.61. The minimum absolute atomic E-state index is 0.0384. The molecule has 1 amide bonds. The molecule has 1 saturated heterocycles. The van der Waals surface area contributed by atoms with Gasteiger partial charge in [0.25, 0.3) is 5.56 Å². The van der Waals surface area contributed by atoms with Crippen molar-refractivity contribution >= 4 is 12.0 Å². The molecule has 3 heterocycles. The number of carbonyl (C=O) groups is 1. The fourth-order valence-electron chi connectivity index (χ4n) is 4.24. The van der Waals surface area contributed by atoms with Crippen molar-refractivity contribution in [1.82, 2.24) is 19.9 Å². The van der Waals surface area contributed by atoms with E-state index in [1.54, 1.807) is 11.8 Å². The first-order valence-electron chi connectivity index (χ1n) is 11.4. The number of nitrogens with zero attached hydrogens (tertiary/aromatic N) is 4. The summed E-state index contributed by atoms with van der Waals surface area (Å²) >= 11 is 0. The third-order valence-corrected chi connectivity index (χ3v) is 6.28. The Morgan fingerprint density at radius 2 is 1.88 bits per heavy atom. The van der Waals surface area contributed by atoms with E-state index in [1.165, 1.54) is 19.0 Å². The van der Waals surface area contributed by atoms with Gasteiger partial charge in [-0.2, -0.15) is 13.2 Å². The third-order valence-electron chi connectivity index (χ3n) is 6.28. The minimum Gasteiger partial charge on any atom is -0.446 e. The Morgan fingerprint density at radius 3 is 2.50 bits per heavy atom. The molecule has 1 saturated carbocycles. The zero-order valence-corrected chi connectivity index (χ0v) is 19.3. The summed E-state index contributed by atoms with van der Waals surface area (Å²) in [5, 5.41) is 0. The lowest BCUT2D eigenvalue weighted by molar-refractivity contribution is -0.138. The molecule has 3 atom stereocenters. The molecule has 8 nitrogen and oxygen atoms in total. The first-order chi connectivity index (χ1) is 16.0. The molecule has 2 aliphatic rings. The van der Waals surface area contributed by atoms with E-state index in [-0.39, 0.29) is 24.1 Å². The van der Waals surface area contributed by atoms with Crippen molar-refractivity contribution in [2.45, 2.75) is 70.3 Å². The predicted molar refractivity (Wildman–Crippen MR) is 119 cm³/mol. The average molecular weight is 480 g/mol. The zero-order valence-electron chi connectivity index (χ0n) is 19.3. The number of alkyl halides is 3. The van der Waals surface area contributed by atoms with Crippen LogP contribution in [0.1, 0.15) is 56.2 Å². The Hall–Kier alpha value is -3.11. The lowest BCUT2D eigenvalue weighted by Gasteiger charge is -2.43. The van der Waals surface area contributed by atoms with Crippen molar-refractivity contribution in [3.05, 3.63) is 51.7 Å². The van der Waals surface area contributed by atoms with Crippen LogP contribution in [0, 0.1) is 0 Å². The number of hydrogen-bond donors (Lipinski definition) is 1. The van der Waals surface area contributed by atoms with Gasteiger partial charge in [-0.1, -0.05) is 0 Å². The van der Waals surface area contributed by atoms with E-state index >= 15 is 0 Å². The summed E-state index contributed by atoms with van der Waals surface area (Å²) in [6.45, 7) is 6.42. The maximum Gasteiger partial charge on any atom is 0.421 e. The molecule has 1 aliphatic heterocycles. The number of amides is 1. The van der Waals surface area contributed by atoms with Crippen LogP contribution in [0.15, 0.2) is 29.5 Å². The second-order valence-electron chi connectivity index (χ2n) is 9.24. The number of anilines is 1. The van der Waals surface area contributed by atoms with E-state index in [1.807, 2.05) is 26.2 Å². The third kappa shape index (κ3) is 5.34. The molecule has 0 radical (unpaired) electrons. The highest BCUT2D eigenvalue weighted by Gasteiger charge is 2.36. The fourth-order valence-corrected chi connectivity index (χ4v) is 4.24. The van der Waals surface area contributed by atoms with E-state index in [2.05, 4.69) is 19.9 Å². The van der Waals surface area contributed by atoms with Gasteiger partial charge in [0, 0.05) is 50.2 Å². The molecule has 34 heavy (non-hydrogen) atoms. The molecule has 0 spiro atoms. The topological polar surface area (TPSA) is 91.4 Å². The number of rotatable bonds is 5. The Kier molecular flexibility index (Phi) is 6.55. The number of H-pyrrole nitrogens is 1. The Morgan fingerprint density at radius 1 is 1.21 bits per heavy atom. The number of nitrogens with one attached hydrogen (secondary N) is 1. The first kappa shape index (κ1) is 24.0. The van der Waals surface area contributed by atoms with Crippen LogP contribution in [0.2, 0.25) is 0 Å². The summed E-state index contributed by atoms with van der Waals surface area (Å²) in [5.41, 5.74) is -1.09. The molecule has 4 rings (SSSR count). The van der Waals surface area contributed by atoms with Crippen LogP contribution in [-0.4, -0.2) is 57.2 Å². The maximum atomic E-state index is 13.0. The van der Waals surface area contributed by atoms with Gasteiger partial charge in [-0.15, -0.1) is 0 Å². The van der Waals surface area contributed by atoms with Crippen LogP contribution in [0.4, 0.5) is 23.9 Å². The fraction of sp³-hybridized carbons (Fsp3) is 0.565. The standard InChI is InChI=1S/C23H28F3N5O3/c1-13-12-31(14(2)11-30(13)21-28-9-18(10-29-21)17-4-5-17)22(33)34-15(3)6-16-7-19(23(24,25)26)20(32)27-8-16/h7-10,13-15,17H,4-6,11-12H2,1-3H3,(H,27,32)/t13-,14+,15+/m1/s1. The number of aromatic nitrogens is 3. The van der Waals surface area contributed by atoms with E-state index in [4.69, 9.17) is 4.74 Å². The summed E-state index contributed by atoms with van der Waals surface area (Å²) in [6.07, 6.45) is 1.40. The van der Waals surface area contributed by atoms with Gasteiger partial charge in [-0.05, 0) is 56.7 Å². The van der Waals surface area contributed by atoms with Gasteiger partial charge in [0.1, 0.15) is 11.7 Å². The van der Waals surface area contributed by atoms with E-state index < -0.39 is 29.5 Å². The molecule has 184 valence electrons. The van der Waals surface area contributed by atoms with Gasteiger partial charge in [-0.25, -0.2) is 14.8 Å². The molecule has 0 bridgehead atoms. The van der Waals surface area contributed by atoms with E-state index in [9.17, 15) is 22.8 Å². The number of aromatic amines is 1. The number of halogens is 3. The van der Waals surface area contributed by atoms with Crippen LogP contribution < -0.4 is 10.5 Å². The minimum atomic E-state index is -4.75. The second kappa shape index (κ2) is 9.27. The molecule has 2 aromatic heterocycles. The lowest BCUT2D eigenvalue weighted by Crippen LogP contribution is -2.59. The SMILES string of the molecule is C[C@@H]1CN(C(=O)O[C@@H](C)Cc2c[nH]c(=O)c(C(F)(F)F)c2)[C@@H](C)CN1c1ncc(C2CC2)cn1. The summed E-state index contributed by atoms with van der Waals surface area (Å²) in [7, 11) is 0. The van der Waals surface area contributed by atoms with Gasteiger partial charge in [-0.3, -0.25) is 4.79 Å². The monoisotopic (exact) mass is 479 g/mol. The smallest absolute Gasteiger partial charge is 0.421 e. The lowest BCUT2D eigenvalue weighted by atomic mass is 10.1. The summed E-state index contributed by atoms with van der Waals surface area (Å²) in [6, 6.07) is 0.577. The molecular formula is C23H28F3N5O3. The zero-order chi connectivity index (χ0) is 24.6. The van der Waals surface area contributed by atoms with Gasteiger partial charge >= 0.3 is 12.3 Å². The van der Waals surface area contributed by atoms with Crippen molar-refractivity contribution in [2.75, 3.05) is 18.0 Å². The molecule has 0 unspecified atom stereocenters. The predicted octanol–water partition coefficient (Wildman–Crippen LogP) is 3.73. The van der Waals surface area contributed by atoms with Crippen LogP contribution in [-0.2, 0) is 17.3 Å². The normalized spacial score (nSPS) is 21.9. The molecule has 1 N–H and O–H groups in total. The second-order valence-corrected chi connectivity index (χ2v) is 9.24. The molecule has 1 aliphatic carbocycles.